The highest BCUT2D eigenvalue weighted by atomic mass is 32.2. The van der Waals surface area contributed by atoms with Crippen LogP contribution in [0.5, 0.6) is 0 Å². The second-order valence-electron chi connectivity index (χ2n) is 7.24. The van der Waals surface area contributed by atoms with Gasteiger partial charge in [-0.2, -0.15) is 0 Å². The first-order chi connectivity index (χ1) is 12.2. The molecule has 0 aromatic heterocycles. The van der Waals surface area contributed by atoms with E-state index in [1.54, 1.807) is 12.1 Å². The molecule has 5 nitrogen and oxygen atoms in total. The lowest BCUT2D eigenvalue weighted by atomic mass is 9.99. The van der Waals surface area contributed by atoms with Crippen molar-refractivity contribution in [2.75, 3.05) is 23.7 Å². The second-order valence-corrected chi connectivity index (χ2v) is 9.14. The first-order valence-electron chi connectivity index (χ1n) is 9.53. The lowest BCUT2D eigenvalue weighted by Crippen LogP contribution is -2.41. The highest BCUT2D eigenvalue weighted by Crippen LogP contribution is 2.22. The molecule has 0 bridgehead atoms. The molecule has 26 heavy (non-hydrogen) atoms. The quantitative estimate of drug-likeness (QED) is 0.631. The average molecular weight is 383 g/mol. The largest absolute Gasteiger partial charge is 0.354 e. The van der Waals surface area contributed by atoms with Crippen molar-refractivity contribution in [2.24, 2.45) is 5.92 Å². The van der Waals surface area contributed by atoms with Crippen molar-refractivity contribution in [3.05, 3.63) is 29.8 Å². The molecule has 1 rings (SSSR count). The van der Waals surface area contributed by atoms with Crippen LogP contribution in [0.1, 0.15) is 64.9 Å². The summed E-state index contributed by atoms with van der Waals surface area (Å²) in [7, 11) is -3.53. The van der Waals surface area contributed by atoms with Crippen molar-refractivity contribution >= 4 is 21.6 Å². The van der Waals surface area contributed by atoms with Crippen LogP contribution in [0, 0.1) is 5.92 Å². The summed E-state index contributed by atoms with van der Waals surface area (Å²) in [6.07, 6.45) is 5.50. The Balaban J connectivity index is 2.77. The Morgan fingerprint density at radius 3 is 2.23 bits per heavy atom. The normalized spacial score (nSPS) is 12.8. The first kappa shape index (κ1) is 22.5. The Labute approximate surface area is 159 Å². The molecular weight excluding hydrogens is 348 g/mol. The van der Waals surface area contributed by atoms with E-state index in [9.17, 15) is 13.2 Å². The van der Waals surface area contributed by atoms with Crippen molar-refractivity contribution in [3.8, 4) is 0 Å². The monoisotopic (exact) mass is 382 g/mol. The molecule has 1 amide bonds. The molecule has 0 spiro atoms. The van der Waals surface area contributed by atoms with Crippen LogP contribution < -0.4 is 9.62 Å². The number of hydrogen-bond acceptors (Lipinski definition) is 3. The van der Waals surface area contributed by atoms with Gasteiger partial charge in [-0.1, -0.05) is 59.1 Å². The standard InChI is InChI=1S/C20H34N2O3S/c1-6-8-9-17(7-2)14-21-20(23)15-22(26(5,24)25)19-12-10-18(11-13-19)16(3)4/h10-13,16-17H,6-9,14-15H2,1-5H3,(H,21,23)/t17-/m1/s1. The van der Waals surface area contributed by atoms with E-state index >= 15 is 0 Å². The van der Waals surface area contributed by atoms with Gasteiger partial charge in [0.1, 0.15) is 6.54 Å². The number of rotatable bonds is 11. The van der Waals surface area contributed by atoms with Crippen LogP contribution in [-0.2, 0) is 14.8 Å². The molecule has 6 heteroatoms. The van der Waals surface area contributed by atoms with Gasteiger partial charge in [0.2, 0.25) is 15.9 Å². The number of carbonyl (C=O) groups is 1. The number of unbranched alkanes of at least 4 members (excludes halogenated alkanes) is 1. The highest BCUT2D eigenvalue weighted by Gasteiger charge is 2.21. The Hall–Kier alpha value is -1.56. The summed E-state index contributed by atoms with van der Waals surface area (Å²) >= 11 is 0. The minimum Gasteiger partial charge on any atom is -0.354 e. The van der Waals surface area contributed by atoms with E-state index in [-0.39, 0.29) is 12.5 Å². The lowest BCUT2D eigenvalue weighted by molar-refractivity contribution is -0.119. The number of hydrogen-bond donors (Lipinski definition) is 1. The molecule has 0 aliphatic heterocycles. The van der Waals surface area contributed by atoms with Crippen LogP contribution in [0.2, 0.25) is 0 Å². The second kappa shape index (κ2) is 10.6. The summed E-state index contributed by atoms with van der Waals surface area (Å²) < 4.78 is 25.5. The molecule has 0 aliphatic carbocycles. The van der Waals surface area contributed by atoms with Crippen LogP contribution >= 0.6 is 0 Å². The van der Waals surface area contributed by atoms with Gasteiger partial charge in [0.05, 0.1) is 11.9 Å². The highest BCUT2D eigenvalue weighted by molar-refractivity contribution is 7.92. The number of nitrogens with zero attached hydrogens (tertiary/aromatic N) is 1. The van der Waals surface area contributed by atoms with Crippen LogP contribution in [0.25, 0.3) is 0 Å². The smallest absolute Gasteiger partial charge is 0.240 e. The van der Waals surface area contributed by atoms with E-state index < -0.39 is 10.0 Å². The topological polar surface area (TPSA) is 66.5 Å². The predicted molar refractivity (Wildman–Crippen MR) is 109 cm³/mol. The number of sulfonamides is 1. The van der Waals surface area contributed by atoms with E-state index in [1.165, 1.54) is 4.31 Å². The maximum absolute atomic E-state index is 12.3. The number of amides is 1. The molecule has 0 saturated carbocycles. The van der Waals surface area contributed by atoms with Crippen LogP contribution in [0.15, 0.2) is 24.3 Å². The Kier molecular flexibility index (Phi) is 9.13. The molecule has 0 radical (unpaired) electrons. The van der Waals surface area contributed by atoms with Gasteiger partial charge in [-0.25, -0.2) is 8.42 Å². The number of benzene rings is 1. The third-order valence-corrected chi connectivity index (χ3v) is 5.81. The van der Waals surface area contributed by atoms with E-state index in [0.29, 0.717) is 24.1 Å². The van der Waals surface area contributed by atoms with E-state index in [2.05, 4.69) is 33.0 Å². The molecule has 1 N–H and O–H groups in total. The molecule has 0 heterocycles. The summed E-state index contributed by atoms with van der Waals surface area (Å²) in [5, 5.41) is 2.90. The van der Waals surface area contributed by atoms with Gasteiger partial charge in [-0.05, 0) is 36.0 Å². The Morgan fingerprint density at radius 1 is 1.15 bits per heavy atom. The summed E-state index contributed by atoms with van der Waals surface area (Å²) in [5.74, 6) is 0.544. The minimum atomic E-state index is -3.53. The van der Waals surface area contributed by atoms with E-state index in [0.717, 1.165) is 37.5 Å². The molecular formula is C20H34N2O3S. The van der Waals surface area contributed by atoms with Gasteiger partial charge in [-0.3, -0.25) is 9.10 Å². The number of nitrogens with one attached hydrogen (secondary N) is 1. The summed E-state index contributed by atoms with van der Waals surface area (Å²) in [6.45, 7) is 8.84. The fourth-order valence-corrected chi connectivity index (χ4v) is 3.67. The van der Waals surface area contributed by atoms with Crippen molar-refractivity contribution < 1.29 is 13.2 Å². The SMILES string of the molecule is CCCC[C@@H](CC)CNC(=O)CN(c1ccc(C(C)C)cc1)S(C)(=O)=O. The third-order valence-electron chi connectivity index (χ3n) is 4.67. The molecule has 0 unspecified atom stereocenters. The predicted octanol–water partition coefficient (Wildman–Crippen LogP) is 3.91. The summed E-state index contributed by atoms with van der Waals surface area (Å²) in [5.41, 5.74) is 1.65. The molecule has 0 aliphatic rings. The Morgan fingerprint density at radius 2 is 1.77 bits per heavy atom. The molecule has 148 valence electrons. The fourth-order valence-electron chi connectivity index (χ4n) is 2.81. The number of carbonyl (C=O) groups excluding carboxylic acids is 1. The summed E-state index contributed by atoms with van der Waals surface area (Å²) in [6, 6.07) is 7.35. The van der Waals surface area contributed by atoms with Gasteiger partial charge in [0.25, 0.3) is 0 Å². The minimum absolute atomic E-state index is 0.190. The van der Waals surface area contributed by atoms with Gasteiger partial charge < -0.3 is 5.32 Å². The van der Waals surface area contributed by atoms with Crippen LogP contribution in [0.4, 0.5) is 5.69 Å². The van der Waals surface area contributed by atoms with Crippen molar-refractivity contribution in [1.29, 1.82) is 0 Å². The van der Waals surface area contributed by atoms with E-state index in [4.69, 9.17) is 0 Å². The first-order valence-corrected chi connectivity index (χ1v) is 11.4. The molecule has 1 aromatic rings. The molecule has 0 fully saturated rings. The van der Waals surface area contributed by atoms with Crippen molar-refractivity contribution in [2.45, 2.75) is 59.3 Å². The fraction of sp³-hybridized carbons (Fsp3) is 0.650. The third kappa shape index (κ3) is 7.36. The van der Waals surface area contributed by atoms with Gasteiger partial charge in [-0.15, -0.1) is 0 Å². The zero-order valence-corrected chi connectivity index (χ0v) is 17.6. The average Bonchev–Trinajstić information content (AvgIpc) is 2.59. The van der Waals surface area contributed by atoms with Crippen LogP contribution in [-0.4, -0.2) is 33.7 Å². The van der Waals surface area contributed by atoms with E-state index in [1.807, 2.05) is 12.1 Å². The Bertz CT molecular complexity index is 654. The lowest BCUT2D eigenvalue weighted by Gasteiger charge is -2.23. The number of anilines is 1. The molecule has 1 aromatic carbocycles. The maximum atomic E-state index is 12.3. The van der Waals surface area contributed by atoms with Gasteiger partial charge >= 0.3 is 0 Å². The zero-order chi connectivity index (χ0) is 19.7. The summed E-state index contributed by atoms with van der Waals surface area (Å²) in [4.78, 5) is 12.3. The maximum Gasteiger partial charge on any atom is 0.240 e. The van der Waals surface area contributed by atoms with Crippen molar-refractivity contribution in [3.63, 3.8) is 0 Å². The molecule has 1 atom stereocenters. The van der Waals surface area contributed by atoms with Crippen LogP contribution in [0.3, 0.4) is 0 Å². The van der Waals surface area contributed by atoms with Crippen molar-refractivity contribution in [1.82, 2.24) is 5.32 Å². The molecule has 0 saturated heterocycles. The zero-order valence-electron chi connectivity index (χ0n) is 16.8. The van der Waals surface area contributed by atoms with Gasteiger partial charge in [0, 0.05) is 6.54 Å². The van der Waals surface area contributed by atoms with Gasteiger partial charge in [0.15, 0.2) is 0 Å².